The van der Waals surface area contributed by atoms with Crippen LogP contribution < -0.4 is 11.1 Å². The Hall–Kier alpha value is -0.880. The summed E-state index contributed by atoms with van der Waals surface area (Å²) in [6, 6.07) is 5.02. The van der Waals surface area contributed by atoms with Gasteiger partial charge in [0.25, 0.3) is 5.91 Å². The van der Waals surface area contributed by atoms with Crippen LogP contribution in [0.4, 0.5) is 5.69 Å². The molecule has 1 amide bonds. The number of amides is 1. The van der Waals surface area contributed by atoms with Crippen LogP contribution in [0.2, 0.25) is 0 Å². The zero-order valence-corrected chi connectivity index (χ0v) is 12.1. The number of carbonyl (C=O) groups is 1. The van der Waals surface area contributed by atoms with Crippen LogP contribution in [-0.2, 0) is 10.8 Å². The van der Waals surface area contributed by atoms with Crippen LogP contribution in [0.1, 0.15) is 17.3 Å². The van der Waals surface area contributed by atoms with Crippen molar-refractivity contribution in [2.45, 2.75) is 12.2 Å². The van der Waals surface area contributed by atoms with Crippen LogP contribution in [0, 0.1) is 0 Å². The number of rotatable bonds is 4. The Labute approximate surface area is 112 Å². The number of hydrogen-bond donors (Lipinski definition) is 2. The second-order valence-corrected chi connectivity index (χ2v) is 6.41. The number of nitrogens with one attached hydrogen (secondary N) is 1. The molecule has 0 saturated heterocycles. The first kappa shape index (κ1) is 14.2. The molecule has 17 heavy (non-hydrogen) atoms. The van der Waals surface area contributed by atoms with Crippen molar-refractivity contribution in [2.24, 2.45) is 0 Å². The maximum absolute atomic E-state index is 11.8. The molecule has 6 heteroatoms. The van der Waals surface area contributed by atoms with Gasteiger partial charge in [0, 0.05) is 44.6 Å². The molecule has 0 bridgehead atoms. The summed E-state index contributed by atoms with van der Waals surface area (Å²) in [4.78, 5) is 11.8. The van der Waals surface area contributed by atoms with Gasteiger partial charge in [-0.1, -0.05) is 0 Å². The Morgan fingerprint density at radius 1 is 1.59 bits per heavy atom. The highest BCUT2D eigenvalue weighted by Gasteiger charge is 2.10. The lowest BCUT2D eigenvalue weighted by Gasteiger charge is -2.10. The first-order chi connectivity index (χ1) is 7.91. The van der Waals surface area contributed by atoms with Gasteiger partial charge in [-0.05, 0) is 41.1 Å². The molecule has 1 aromatic rings. The number of benzene rings is 1. The van der Waals surface area contributed by atoms with E-state index in [1.165, 1.54) is 0 Å². The largest absolute Gasteiger partial charge is 0.398 e. The van der Waals surface area contributed by atoms with Gasteiger partial charge in [-0.15, -0.1) is 0 Å². The van der Waals surface area contributed by atoms with E-state index in [0.29, 0.717) is 17.8 Å². The van der Waals surface area contributed by atoms with E-state index in [0.717, 1.165) is 4.47 Å². The number of carbonyl (C=O) groups excluding carboxylic acids is 1. The van der Waals surface area contributed by atoms with Gasteiger partial charge < -0.3 is 11.1 Å². The van der Waals surface area contributed by atoms with Gasteiger partial charge in [-0.3, -0.25) is 9.00 Å². The van der Waals surface area contributed by atoms with E-state index in [9.17, 15) is 9.00 Å². The molecule has 0 aliphatic rings. The molecule has 0 saturated carbocycles. The minimum atomic E-state index is -0.938. The van der Waals surface area contributed by atoms with E-state index >= 15 is 0 Å². The fraction of sp³-hybridized carbons (Fsp3) is 0.364. The summed E-state index contributed by atoms with van der Waals surface area (Å²) >= 11 is 3.26. The van der Waals surface area contributed by atoms with Crippen molar-refractivity contribution in [2.75, 3.05) is 18.5 Å². The molecule has 0 aliphatic heterocycles. The van der Waals surface area contributed by atoms with Crippen LogP contribution in [-0.4, -0.2) is 28.2 Å². The van der Waals surface area contributed by atoms with Crippen LogP contribution in [0.15, 0.2) is 22.7 Å². The number of nitrogen functional groups attached to an aromatic ring is 1. The second kappa shape index (κ2) is 6.16. The summed E-state index contributed by atoms with van der Waals surface area (Å²) in [6.07, 6.45) is 1.62. The molecule has 1 rings (SSSR count). The molecule has 0 heterocycles. The SMILES string of the molecule is CC(CNC(=O)c1ccc(Br)c(N)c1)S(C)=O. The van der Waals surface area contributed by atoms with E-state index < -0.39 is 10.8 Å². The molecule has 3 N–H and O–H groups in total. The molecule has 1 aromatic carbocycles. The highest BCUT2D eigenvalue weighted by Crippen LogP contribution is 2.20. The lowest BCUT2D eigenvalue weighted by atomic mass is 10.2. The molecule has 0 radical (unpaired) electrons. The van der Waals surface area contributed by atoms with Gasteiger partial charge in [0.05, 0.1) is 0 Å². The number of hydrogen-bond acceptors (Lipinski definition) is 3. The van der Waals surface area contributed by atoms with Crippen LogP contribution >= 0.6 is 15.9 Å². The van der Waals surface area contributed by atoms with Crippen LogP contribution in [0.25, 0.3) is 0 Å². The Kier molecular flexibility index (Phi) is 5.14. The number of halogens is 1. The van der Waals surface area contributed by atoms with Crippen molar-refractivity contribution >= 4 is 38.3 Å². The summed E-state index contributed by atoms with van der Waals surface area (Å²) < 4.78 is 11.9. The second-order valence-electron chi connectivity index (χ2n) is 3.76. The molecular formula is C11H15BrN2O2S. The third-order valence-corrected chi connectivity index (χ3v) is 4.40. The zero-order chi connectivity index (χ0) is 13.0. The monoisotopic (exact) mass is 318 g/mol. The minimum Gasteiger partial charge on any atom is -0.398 e. The molecule has 0 aromatic heterocycles. The van der Waals surface area contributed by atoms with E-state index in [2.05, 4.69) is 21.2 Å². The van der Waals surface area contributed by atoms with Crippen molar-refractivity contribution in [1.82, 2.24) is 5.32 Å². The Balaban J connectivity index is 2.64. The van der Waals surface area contributed by atoms with Gasteiger partial charge in [0.2, 0.25) is 0 Å². The van der Waals surface area contributed by atoms with E-state index in [4.69, 9.17) is 5.73 Å². The Morgan fingerprint density at radius 3 is 2.76 bits per heavy atom. The lowest BCUT2D eigenvalue weighted by Crippen LogP contribution is -2.32. The van der Waals surface area contributed by atoms with E-state index in [1.54, 1.807) is 24.5 Å². The molecule has 2 unspecified atom stereocenters. The molecule has 0 spiro atoms. The predicted molar refractivity (Wildman–Crippen MR) is 74.4 cm³/mol. The van der Waals surface area contributed by atoms with Crippen molar-refractivity contribution < 1.29 is 9.00 Å². The minimum absolute atomic E-state index is 0.0632. The average molecular weight is 319 g/mol. The summed E-state index contributed by atoms with van der Waals surface area (Å²) in [7, 11) is -0.938. The standard InChI is InChI=1S/C11H15BrN2O2S/c1-7(17(2)16)6-14-11(15)8-3-4-9(12)10(13)5-8/h3-5,7H,6,13H2,1-2H3,(H,14,15). The van der Waals surface area contributed by atoms with E-state index in [-0.39, 0.29) is 11.2 Å². The summed E-state index contributed by atoms with van der Waals surface area (Å²) in [5.74, 6) is -0.207. The maximum atomic E-state index is 11.8. The normalized spacial score (nSPS) is 14.1. The fourth-order valence-electron chi connectivity index (χ4n) is 1.14. The van der Waals surface area contributed by atoms with Crippen molar-refractivity contribution in [1.29, 1.82) is 0 Å². The van der Waals surface area contributed by atoms with Crippen LogP contribution in [0.5, 0.6) is 0 Å². The molecular weight excluding hydrogens is 304 g/mol. The third-order valence-electron chi connectivity index (χ3n) is 2.37. The molecule has 2 atom stereocenters. The van der Waals surface area contributed by atoms with Crippen molar-refractivity contribution in [3.05, 3.63) is 28.2 Å². The molecule has 4 nitrogen and oxygen atoms in total. The van der Waals surface area contributed by atoms with Gasteiger partial charge in [-0.2, -0.15) is 0 Å². The average Bonchev–Trinajstić information content (AvgIpc) is 2.28. The number of anilines is 1. The van der Waals surface area contributed by atoms with Crippen LogP contribution in [0.3, 0.4) is 0 Å². The summed E-state index contributed by atoms with van der Waals surface area (Å²) in [5.41, 5.74) is 6.71. The van der Waals surface area contributed by atoms with Gasteiger partial charge in [-0.25, -0.2) is 0 Å². The van der Waals surface area contributed by atoms with Gasteiger partial charge in [0.1, 0.15) is 0 Å². The fourth-order valence-corrected chi connectivity index (χ4v) is 1.71. The third kappa shape index (κ3) is 4.12. The lowest BCUT2D eigenvalue weighted by molar-refractivity contribution is 0.0954. The molecule has 94 valence electrons. The summed E-state index contributed by atoms with van der Waals surface area (Å²) in [6.45, 7) is 2.21. The highest BCUT2D eigenvalue weighted by molar-refractivity contribution is 9.10. The predicted octanol–water partition coefficient (Wildman–Crippen LogP) is 1.53. The van der Waals surface area contributed by atoms with Gasteiger partial charge in [0.15, 0.2) is 0 Å². The quantitative estimate of drug-likeness (QED) is 0.827. The first-order valence-electron chi connectivity index (χ1n) is 5.07. The van der Waals surface area contributed by atoms with Gasteiger partial charge >= 0.3 is 0 Å². The first-order valence-corrected chi connectivity index (χ1v) is 7.48. The Bertz CT molecular complexity index is 451. The maximum Gasteiger partial charge on any atom is 0.251 e. The highest BCUT2D eigenvalue weighted by atomic mass is 79.9. The summed E-state index contributed by atoms with van der Waals surface area (Å²) in [5, 5.41) is 2.66. The molecule has 0 fully saturated rings. The smallest absolute Gasteiger partial charge is 0.251 e. The molecule has 0 aliphatic carbocycles. The number of nitrogens with two attached hydrogens (primary N) is 1. The Morgan fingerprint density at radius 2 is 2.24 bits per heavy atom. The van der Waals surface area contributed by atoms with E-state index in [1.807, 2.05) is 6.92 Å². The topological polar surface area (TPSA) is 72.2 Å². The van der Waals surface area contributed by atoms with Crippen molar-refractivity contribution in [3.8, 4) is 0 Å². The zero-order valence-electron chi connectivity index (χ0n) is 9.70. The van der Waals surface area contributed by atoms with Crippen molar-refractivity contribution in [3.63, 3.8) is 0 Å².